The van der Waals surface area contributed by atoms with Crippen molar-refractivity contribution >= 4 is 53.1 Å². The number of hydrogen-bond donors (Lipinski definition) is 0. The molecule has 24 heavy (non-hydrogen) atoms. The van der Waals surface area contributed by atoms with Gasteiger partial charge < -0.3 is 15.0 Å². The molecule has 0 aliphatic carbocycles. The third kappa shape index (κ3) is 18.3. The maximum Gasteiger partial charge on any atom is -0.0809 e. The molecule has 0 aliphatic rings. The van der Waals surface area contributed by atoms with E-state index in [1.165, 1.54) is 10.8 Å². The van der Waals surface area contributed by atoms with Crippen molar-refractivity contribution in [3.05, 3.63) is 48.2 Å². The van der Waals surface area contributed by atoms with E-state index in [0.717, 1.165) is 9.52 Å². The minimum Gasteiger partial charge on any atom is -0.168 e. The molecule has 0 aromatic heterocycles. The number of nitrogens with one attached hydrogen (secondary N) is 1. The zero-order chi connectivity index (χ0) is 19.0. The maximum absolute atomic E-state index is 10.1. The molecular weight excluding hydrogens is 413 g/mol. The molecule has 0 fully saturated rings. The van der Waals surface area contributed by atoms with Crippen LogP contribution < -0.4 is 0 Å². The molecule has 1 amide bonds. The van der Waals surface area contributed by atoms with Gasteiger partial charge in [0.2, 0.25) is 0 Å². The largest absolute Gasteiger partial charge is 0.168 e. The van der Waals surface area contributed by atoms with Crippen LogP contribution in [0.5, 0.6) is 0 Å². The molecule has 0 saturated carbocycles. The van der Waals surface area contributed by atoms with Crippen LogP contribution in [0.3, 0.4) is 0 Å². The van der Waals surface area contributed by atoms with Crippen LogP contribution in [0.15, 0.2) is 42.5 Å². The van der Waals surface area contributed by atoms with Gasteiger partial charge in [0.25, 0.3) is 0 Å². The Labute approximate surface area is 166 Å². The van der Waals surface area contributed by atoms with Crippen molar-refractivity contribution in [1.82, 2.24) is 0 Å². The van der Waals surface area contributed by atoms with Crippen LogP contribution >= 0.6 is 18.6 Å². The Balaban J connectivity index is 0. The second-order valence-electron chi connectivity index (χ2n) is 5.55. The molecule has 0 saturated heterocycles. The van der Waals surface area contributed by atoms with Gasteiger partial charge in [0.15, 0.2) is 8.32 Å². The first-order valence-corrected chi connectivity index (χ1v) is 17.0. The Morgan fingerprint density at radius 2 is 1.75 bits per heavy atom. The molecule has 2 aromatic carbocycles. The summed E-state index contributed by atoms with van der Waals surface area (Å²) >= 11 is -0.556. The smallest absolute Gasteiger partial charge is 0.0809 e. The number of carbonyl (C=O) groups excluding carboxylic acids is 1. The summed E-state index contributed by atoms with van der Waals surface area (Å²) in [6.07, 6.45) is 0. The second kappa shape index (κ2) is 16.5. The van der Waals surface area contributed by atoms with E-state index in [4.69, 9.17) is 28.8 Å². The fourth-order valence-electron chi connectivity index (χ4n) is 1.35. The molecule has 0 spiro atoms. The van der Waals surface area contributed by atoms with Crippen LogP contribution in [0.4, 0.5) is 0 Å². The summed E-state index contributed by atoms with van der Waals surface area (Å²) < 4.78 is 5.09. The number of rotatable bonds is 3. The third-order valence-corrected chi connectivity index (χ3v) is 3.19. The van der Waals surface area contributed by atoms with Crippen LogP contribution in [-0.2, 0) is 26.3 Å². The van der Waals surface area contributed by atoms with Crippen molar-refractivity contribution in [3.8, 4) is 0 Å². The Morgan fingerprint density at radius 3 is 2.12 bits per heavy atom. The van der Waals surface area contributed by atoms with E-state index in [1.54, 1.807) is 0 Å². The van der Waals surface area contributed by atoms with E-state index in [1.807, 2.05) is 19.6 Å². The van der Waals surface area contributed by atoms with E-state index < -0.39 is 31.3 Å². The number of hydrogen-bond acceptors (Lipinski definition) is 2. The van der Waals surface area contributed by atoms with Gasteiger partial charge in [-0.15, -0.1) is 29.7 Å². The average molecular weight is 438 g/mol. The zero-order valence-electron chi connectivity index (χ0n) is 14.8. The van der Waals surface area contributed by atoms with Crippen molar-refractivity contribution in [2.75, 3.05) is 6.61 Å². The van der Waals surface area contributed by atoms with Crippen LogP contribution in [0, 0.1) is 0 Å². The number of carbonyl (C=O) groups is 1. The van der Waals surface area contributed by atoms with Gasteiger partial charge >= 0.3 is 35.6 Å². The fraction of sp³-hybridized carbons (Fsp3) is 0.375. The van der Waals surface area contributed by atoms with Crippen molar-refractivity contribution in [1.29, 1.82) is 0 Å². The quantitative estimate of drug-likeness (QED) is 0.427. The Hall–Kier alpha value is -0.0119. The predicted molar refractivity (Wildman–Crippen MR) is 107 cm³/mol. The zero-order valence-corrected chi connectivity index (χ0v) is 19.9. The first-order chi connectivity index (χ1) is 11.2. The minimum absolute atomic E-state index is 0.0459. The van der Waals surface area contributed by atoms with Crippen molar-refractivity contribution < 1.29 is 26.3 Å². The Bertz CT molecular complexity index is 516. The average Bonchev–Trinajstić information content (AvgIpc) is 2.95. The van der Waals surface area contributed by atoms with Gasteiger partial charge in [-0.3, -0.25) is 0 Å². The molecule has 0 heterocycles. The van der Waals surface area contributed by atoms with E-state index in [-0.39, 0.29) is 6.61 Å². The van der Waals surface area contributed by atoms with Gasteiger partial charge in [-0.25, -0.2) is 0 Å². The van der Waals surface area contributed by atoms with Crippen LogP contribution in [-0.4, -0.2) is 30.4 Å². The molecule has 0 bridgehead atoms. The second-order valence-corrected chi connectivity index (χ2v) is 13.6. The summed E-state index contributed by atoms with van der Waals surface area (Å²) in [5.41, 5.74) is 6.52. The molecule has 0 atom stereocenters. The number of amides is 1. The van der Waals surface area contributed by atoms with Crippen molar-refractivity contribution in [2.24, 2.45) is 0 Å². The van der Waals surface area contributed by atoms with E-state index >= 15 is 0 Å². The fourth-order valence-corrected chi connectivity index (χ4v) is 1.92. The van der Waals surface area contributed by atoms with Crippen molar-refractivity contribution in [2.45, 2.75) is 32.7 Å². The van der Waals surface area contributed by atoms with Gasteiger partial charge in [-0.1, -0.05) is 19.2 Å². The summed E-state index contributed by atoms with van der Waals surface area (Å²) in [4.78, 5) is 10.1. The molecule has 0 unspecified atom stereocenters. The summed E-state index contributed by atoms with van der Waals surface area (Å²) in [5.74, 6) is -0.641. The van der Waals surface area contributed by atoms with E-state index in [2.05, 4.69) is 55.6 Å². The van der Waals surface area contributed by atoms with Gasteiger partial charge in [0.1, 0.15) is 0 Å². The SMILES string of the molecule is C[Si](C)(C)OCC([NH-])=O.C[Si]C.[Cl][Ti][Cl].c1ccc2[cH-]ccc2c1. The summed E-state index contributed by atoms with van der Waals surface area (Å²) in [6.45, 7) is 10.2. The molecule has 2 radical (unpaired) electrons. The third-order valence-electron chi connectivity index (χ3n) is 2.18. The Morgan fingerprint density at radius 1 is 1.25 bits per heavy atom. The maximum atomic E-state index is 10.1. The normalized spacial score (nSPS) is 9.46. The molecule has 2 aromatic rings. The number of benzene rings is 1. The Kier molecular flexibility index (Phi) is 18.0. The topological polar surface area (TPSA) is 50.1 Å². The van der Waals surface area contributed by atoms with Crippen molar-refractivity contribution in [3.63, 3.8) is 0 Å². The molecule has 3 nitrogen and oxygen atoms in total. The molecule has 1 N–H and O–H groups in total. The van der Waals surface area contributed by atoms with Crippen LogP contribution in [0.2, 0.25) is 32.7 Å². The predicted octanol–water partition coefficient (Wildman–Crippen LogP) is 6.14. The minimum atomic E-state index is -1.56. The van der Waals surface area contributed by atoms with Gasteiger partial charge in [0, 0.05) is 9.52 Å². The monoisotopic (exact) mass is 437 g/mol. The first kappa shape index (κ1) is 26.2. The number of fused-ring (bicyclic) bond motifs is 1. The summed E-state index contributed by atoms with van der Waals surface area (Å²) in [7, 11) is 9.30. The van der Waals surface area contributed by atoms with Crippen LogP contribution in [0.1, 0.15) is 0 Å². The van der Waals surface area contributed by atoms with Gasteiger partial charge in [-0.05, 0) is 19.6 Å². The molecule has 0 aliphatic heterocycles. The number of halogens is 2. The molecule has 2 rings (SSSR count). The van der Waals surface area contributed by atoms with Gasteiger partial charge in [0.05, 0.1) is 12.5 Å². The van der Waals surface area contributed by atoms with Gasteiger partial charge in [-0.2, -0.15) is 17.5 Å². The molecular formula is C16H25Cl2NO2Si2Ti-2. The summed E-state index contributed by atoms with van der Waals surface area (Å²) in [6, 6.07) is 14.7. The molecule has 134 valence electrons. The van der Waals surface area contributed by atoms with E-state index in [0.29, 0.717) is 0 Å². The standard InChI is InChI=1S/C9H7.C5H13NO2Si.C2H6Si.2ClH.Ti/c1-2-5-9-7-3-6-8(9)4-1;1-9(2,3)8-4-5(6)7;1-3-2;;;/h1-7H;4H2,1-3H3,(H2,6,7);1-2H3;2*1H;/q-1;;;;;+2/p-3. The molecule has 8 heteroatoms. The van der Waals surface area contributed by atoms with E-state index in [9.17, 15) is 4.79 Å². The van der Waals surface area contributed by atoms with Crippen LogP contribution in [0.25, 0.3) is 16.5 Å². The first-order valence-electron chi connectivity index (χ1n) is 7.25. The summed E-state index contributed by atoms with van der Waals surface area (Å²) in [5, 5.41) is 2.66.